The van der Waals surface area contributed by atoms with Gasteiger partial charge in [-0.1, -0.05) is 18.2 Å². The zero-order valence-electron chi connectivity index (χ0n) is 14.0. The Bertz CT molecular complexity index is 716. The summed E-state index contributed by atoms with van der Waals surface area (Å²) in [5, 5.41) is 6.27. The molecule has 126 valence electrons. The van der Waals surface area contributed by atoms with Gasteiger partial charge in [0.1, 0.15) is 5.75 Å². The van der Waals surface area contributed by atoms with Crippen molar-refractivity contribution in [2.45, 2.75) is 37.6 Å². The van der Waals surface area contributed by atoms with Crippen LogP contribution in [0.5, 0.6) is 5.75 Å². The minimum Gasteiger partial charge on any atom is -0.481 e. The fourth-order valence-electron chi connectivity index (χ4n) is 2.70. The second kappa shape index (κ2) is 7.73. The normalized spacial score (nSPS) is 14.1. The van der Waals surface area contributed by atoms with Crippen LogP contribution >= 0.6 is 11.8 Å². The molecule has 2 N–H and O–H groups in total. The van der Waals surface area contributed by atoms with Gasteiger partial charge in [-0.15, -0.1) is 11.8 Å². The van der Waals surface area contributed by atoms with Gasteiger partial charge < -0.3 is 15.4 Å². The van der Waals surface area contributed by atoms with Crippen LogP contribution in [0.2, 0.25) is 0 Å². The zero-order valence-corrected chi connectivity index (χ0v) is 14.8. The maximum absolute atomic E-state index is 12.2. The van der Waals surface area contributed by atoms with Crippen LogP contribution in [0.15, 0.2) is 47.4 Å². The summed E-state index contributed by atoms with van der Waals surface area (Å²) in [5.74, 6) is 0.599. The highest BCUT2D eigenvalue weighted by atomic mass is 32.2. The summed E-state index contributed by atoms with van der Waals surface area (Å²) >= 11 is 1.68. The molecular weight excluding hydrogens is 320 g/mol. The van der Waals surface area contributed by atoms with E-state index in [1.165, 1.54) is 16.0 Å². The largest absolute Gasteiger partial charge is 0.481 e. The third kappa shape index (κ3) is 4.10. The number of thioether (sulfide) groups is 1. The van der Waals surface area contributed by atoms with Crippen molar-refractivity contribution >= 4 is 17.7 Å². The molecule has 0 saturated carbocycles. The van der Waals surface area contributed by atoms with E-state index < -0.39 is 6.10 Å². The van der Waals surface area contributed by atoms with Crippen molar-refractivity contribution in [2.24, 2.45) is 0 Å². The number of rotatable bonds is 6. The molecule has 2 aromatic rings. The minimum atomic E-state index is -0.527. The van der Waals surface area contributed by atoms with E-state index in [1.807, 2.05) is 30.5 Å². The summed E-state index contributed by atoms with van der Waals surface area (Å²) in [6, 6.07) is 14.1. The van der Waals surface area contributed by atoms with Crippen LogP contribution in [0.3, 0.4) is 0 Å². The highest BCUT2D eigenvalue weighted by molar-refractivity contribution is 7.98. The van der Waals surface area contributed by atoms with E-state index in [-0.39, 0.29) is 5.91 Å². The van der Waals surface area contributed by atoms with Crippen molar-refractivity contribution in [3.63, 3.8) is 0 Å². The Morgan fingerprint density at radius 3 is 2.71 bits per heavy atom. The molecule has 0 aromatic heterocycles. The van der Waals surface area contributed by atoms with Gasteiger partial charge >= 0.3 is 0 Å². The lowest BCUT2D eigenvalue weighted by Gasteiger charge is -2.15. The molecule has 0 fully saturated rings. The number of nitrogens with one attached hydrogen (secondary N) is 2. The SMILES string of the molecule is CSc1ccc(OC(C)C(=O)NCc2ccc3c(c2)CNC3)cc1. The molecule has 0 bridgehead atoms. The van der Waals surface area contributed by atoms with Gasteiger partial charge in [0.25, 0.3) is 5.91 Å². The van der Waals surface area contributed by atoms with Crippen molar-refractivity contribution in [3.8, 4) is 5.75 Å². The molecule has 2 aromatic carbocycles. The Balaban J connectivity index is 1.52. The first-order valence-electron chi connectivity index (χ1n) is 8.05. The van der Waals surface area contributed by atoms with E-state index in [2.05, 4.69) is 28.8 Å². The molecular formula is C19H22N2O2S. The van der Waals surface area contributed by atoms with Gasteiger partial charge in [0.2, 0.25) is 0 Å². The summed E-state index contributed by atoms with van der Waals surface area (Å²) in [6.45, 7) is 4.13. The number of ether oxygens (including phenoxy) is 1. The Labute approximate surface area is 147 Å². The average Bonchev–Trinajstić information content (AvgIpc) is 3.08. The Morgan fingerprint density at radius 2 is 1.96 bits per heavy atom. The fraction of sp³-hybridized carbons (Fsp3) is 0.316. The molecule has 0 saturated heterocycles. The minimum absolute atomic E-state index is 0.109. The van der Waals surface area contributed by atoms with Crippen molar-refractivity contribution in [1.82, 2.24) is 10.6 Å². The predicted octanol–water partition coefficient (Wildman–Crippen LogP) is 3.10. The fourth-order valence-corrected chi connectivity index (χ4v) is 3.11. The number of carbonyl (C=O) groups excluding carboxylic acids is 1. The van der Waals surface area contributed by atoms with Crippen molar-refractivity contribution in [1.29, 1.82) is 0 Å². The molecule has 24 heavy (non-hydrogen) atoms. The predicted molar refractivity (Wildman–Crippen MR) is 97.1 cm³/mol. The van der Waals surface area contributed by atoms with Crippen LogP contribution in [-0.2, 0) is 24.4 Å². The summed E-state index contributed by atoms with van der Waals surface area (Å²) in [5.41, 5.74) is 3.78. The number of amides is 1. The van der Waals surface area contributed by atoms with Crippen molar-refractivity contribution in [2.75, 3.05) is 6.26 Å². The molecule has 1 aliphatic rings. The molecule has 4 nitrogen and oxygen atoms in total. The van der Waals surface area contributed by atoms with Crippen molar-refractivity contribution in [3.05, 3.63) is 59.2 Å². The number of fused-ring (bicyclic) bond motifs is 1. The van der Waals surface area contributed by atoms with Gasteiger partial charge in [-0.25, -0.2) is 0 Å². The van der Waals surface area contributed by atoms with Gasteiger partial charge in [-0.3, -0.25) is 4.79 Å². The smallest absolute Gasteiger partial charge is 0.261 e. The Kier molecular flexibility index (Phi) is 5.43. The molecule has 1 atom stereocenters. The highest BCUT2D eigenvalue weighted by Gasteiger charge is 2.15. The first kappa shape index (κ1) is 16.9. The lowest BCUT2D eigenvalue weighted by molar-refractivity contribution is -0.127. The van der Waals surface area contributed by atoms with Crippen LogP contribution in [0.4, 0.5) is 0 Å². The summed E-state index contributed by atoms with van der Waals surface area (Å²) in [7, 11) is 0. The first-order chi connectivity index (χ1) is 11.7. The molecule has 0 aliphatic carbocycles. The van der Waals surface area contributed by atoms with E-state index in [0.29, 0.717) is 12.3 Å². The van der Waals surface area contributed by atoms with Crippen LogP contribution in [0.1, 0.15) is 23.6 Å². The molecule has 0 radical (unpaired) electrons. The molecule has 3 rings (SSSR count). The lowest BCUT2D eigenvalue weighted by Crippen LogP contribution is -2.35. The maximum Gasteiger partial charge on any atom is 0.261 e. The molecule has 1 heterocycles. The van der Waals surface area contributed by atoms with Gasteiger partial charge in [0.05, 0.1) is 0 Å². The van der Waals surface area contributed by atoms with Gasteiger partial charge in [-0.2, -0.15) is 0 Å². The number of hydrogen-bond donors (Lipinski definition) is 2. The van der Waals surface area contributed by atoms with E-state index in [4.69, 9.17) is 4.74 Å². The van der Waals surface area contributed by atoms with E-state index in [0.717, 1.165) is 18.7 Å². The van der Waals surface area contributed by atoms with Crippen LogP contribution < -0.4 is 15.4 Å². The standard InChI is InChI=1S/C19H22N2O2S/c1-13(23-17-5-7-18(24-2)8-6-17)19(22)21-10-14-3-4-15-11-20-12-16(15)9-14/h3-9,13,20H,10-12H2,1-2H3,(H,21,22). The average molecular weight is 342 g/mol. The van der Waals surface area contributed by atoms with Crippen molar-refractivity contribution < 1.29 is 9.53 Å². The molecule has 1 unspecified atom stereocenters. The monoisotopic (exact) mass is 342 g/mol. The summed E-state index contributed by atoms with van der Waals surface area (Å²) in [6.07, 6.45) is 1.50. The Hall–Kier alpha value is -1.98. The number of benzene rings is 2. The van der Waals surface area contributed by atoms with Crippen LogP contribution in [0.25, 0.3) is 0 Å². The van der Waals surface area contributed by atoms with Gasteiger partial charge in [-0.05, 0) is 54.1 Å². The molecule has 0 spiro atoms. The van der Waals surface area contributed by atoms with E-state index in [1.54, 1.807) is 18.7 Å². The lowest BCUT2D eigenvalue weighted by atomic mass is 10.1. The second-order valence-corrected chi connectivity index (χ2v) is 6.74. The highest BCUT2D eigenvalue weighted by Crippen LogP contribution is 2.20. The third-order valence-corrected chi connectivity index (χ3v) is 4.85. The third-order valence-electron chi connectivity index (χ3n) is 4.11. The summed E-state index contributed by atoms with van der Waals surface area (Å²) in [4.78, 5) is 13.4. The topological polar surface area (TPSA) is 50.4 Å². The summed E-state index contributed by atoms with van der Waals surface area (Å²) < 4.78 is 5.71. The van der Waals surface area contributed by atoms with E-state index >= 15 is 0 Å². The quantitative estimate of drug-likeness (QED) is 0.792. The van der Waals surface area contributed by atoms with Crippen LogP contribution in [-0.4, -0.2) is 18.3 Å². The Morgan fingerprint density at radius 1 is 1.21 bits per heavy atom. The maximum atomic E-state index is 12.2. The second-order valence-electron chi connectivity index (χ2n) is 5.86. The van der Waals surface area contributed by atoms with Crippen LogP contribution in [0, 0.1) is 0 Å². The van der Waals surface area contributed by atoms with Gasteiger partial charge in [0.15, 0.2) is 6.10 Å². The molecule has 1 amide bonds. The number of hydrogen-bond acceptors (Lipinski definition) is 4. The van der Waals surface area contributed by atoms with E-state index in [9.17, 15) is 4.79 Å². The molecule has 1 aliphatic heterocycles. The zero-order chi connectivity index (χ0) is 16.9. The van der Waals surface area contributed by atoms with Gasteiger partial charge in [0, 0.05) is 24.5 Å². The number of carbonyl (C=O) groups is 1. The molecule has 5 heteroatoms. The first-order valence-corrected chi connectivity index (χ1v) is 9.28.